The van der Waals surface area contributed by atoms with E-state index in [1.54, 1.807) is 4.90 Å². The van der Waals surface area contributed by atoms with E-state index < -0.39 is 5.60 Å². The maximum absolute atomic E-state index is 11.8. The van der Waals surface area contributed by atoms with E-state index >= 15 is 0 Å². The van der Waals surface area contributed by atoms with Crippen LogP contribution in [0.4, 0.5) is 4.79 Å². The first-order valence-electron chi connectivity index (χ1n) is 6.54. The molecular weight excluding hydrogens is 230 g/mol. The molecule has 0 aromatic carbocycles. The fourth-order valence-electron chi connectivity index (χ4n) is 2.72. The van der Waals surface area contributed by atoms with Crippen molar-refractivity contribution in [3.63, 3.8) is 0 Å². The number of amides is 1. The van der Waals surface area contributed by atoms with Crippen molar-refractivity contribution in [3.8, 4) is 0 Å². The van der Waals surface area contributed by atoms with Gasteiger partial charge in [0, 0.05) is 24.1 Å². The fourth-order valence-corrected chi connectivity index (χ4v) is 2.72. The molecule has 0 N–H and O–H groups in total. The average Bonchev–Trinajstić information content (AvgIpc) is 2.23. The lowest BCUT2D eigenvalue weighted by atomic mass is 9.68. The van der Waals surface area contributed by atoms with Gasteiger partial charge in [0.05, 0.1) is 0 Å². The summed E-state index contributed by atoms with van der Waals surface area (Å²) in [5.74, 6) is 2.02. The maximum atomic E-state index is 11.8. The van der Waals surface area contributed by atoms with Crippen LogP contribution >= 0.6 is 0 Å². The maximum Gasteiger partial charge on any atom is 0.410 e. The summed E-state index contributed by atoms with van der Waals surface area (Å²) < 4.78 is 5.34. The summed E-state index contributed by atoms with van der Waals surface area (Å²) >= 11 is 0. The highest BCUT2D eigenvalue weighted by Gasteiger charge is 2.47. The van der Waals surface area contributed by atoms with Gasteiger partial charge < -0.3 is 9.64 Å². The highest BCUT2D eigenvalue weighted by atomic mass is 16.6. The Morgan fingerprint density at radius 3 is 2.28 bits per heavy atom. The molecule has 100 valence electrons. The molecule has 1 aliphatic heterocycles. The van der Waals surface area contributed by atoms with Crippen molar-refractivity contribution in [1.29, 1.82) is 0 Å². The van der Waals surface area contributed by atoms with Crippen LogP contribution in [-0.4, -0.2) is 35.6 Å². The number of carbonyl (C=O) groups excluding carboxylic acids is 2. The second-order valence-corrected chi connectivity index (χ2v) is 6.54. The summed E-state index contributed by atoms with van der Waals surface area (Å²) in [7, 11) is 0. The Bertz CT molecular complexity index is 384. The molecule has 1 saturated heterocycles. The minimum Gasteiger partial charge on any atom is -0.444 e. The monoisotopic (exact) mass is 251 g/mol. The lowest BCUT2D eigenvalue weighted by Crippen LogP contribution is -2.59. The smallest absolute Gasteiger partial charge is 0.410 e. The van der Waals surface area contributed by atoms with Crippen molar-refractivity contribution in [3.05, 3.63) is 5.57 Å². The molecule has 1 spiro atoms. The first-order valence-corrected chi connectivity index (χ1v) is 6.54. The molecule has 0 unspecified atom stereocenters. The van der Waals surface area contributed by atoms with Gasteiger partial charge in [0.25, 0.3) is 0 Å². The molecule has 1 amide bonds. The molecule has 0 atom stereocenters. The first-order chi connectivity index (χ1) is 8.34. The molecule has 2 aliphatic rings. The summed E-state index contributed by atoms with van der Waals surface area (Å²) in [5.41, 5.74) is 0.702. The number of likely N-dealkylation sites (tertiary alicyclic amines) is 1. The largest absolute Gasteiger partial charge is 0.444 e. The van der Waals surface area contributed by atoms with E-state index in [-0.39, 0.29) is 11.5 Å². The Hall–Kier alpha value is -1.28. The van der Waals surface area contributed by atoms with E-state index in [0.29, 0.717) is 0 Å². The first kappa shape index (κ1) is 13.2. The molecule has 2 rings (SSSR count). The zero-order valence-electron chi connectivity index (χ0n) is 11.4. The minimum atomic E-state index is -0.431. The molecule has 1 saturated carbocycles. The number of carbonyl (C=O) groups is 1. The fraction of sp³-hybridized carbons (Fsp3) is 0.786. The number of hydrogen-bond acceptors (Lipinski definition) is 3. The Labute approximate surface area is 108 Å². The van der Waals surface area contributed by atoms with Gasteiger partial charge in [-0.1, -0.05) is 0 Å². The zero-order valence-corrected chi connectivity index (χ0v) is 11.4. The van der Waals surface area contributed by atoms with Crippen molar-refractivity contribution in [2.45, 2.75) is 52.1 Å². The highest BCUT2D eigenvalue weighted by Crippen LogP contribution is 2.45. The van der Waals surface area contributed by atoms with Gasteiger partial charge in [-0.05, 0) is 46.5 Å². The van der Waals surface area contributed by atoms with Crippen LogP contribution in [0.1, 0.15) is 46.5 Å². The normalized spacial score (nSPS) is 22.4. The standard InChI is InChI=1S/C14H21NO3/c1-13(2,3)18-12(17)15-9-14(10-15)6-4-11(8-16)5-7-14/h4-7,9-10H2,1-3H3. The SMILES string of the molecule is CC(C)(C)OC(=O)N1CC2(CCC(=C=O)CC2)C1. The van der Waals surface area contributed by atoms with E-state index in [4.69, 9.17) is 4.74 Å². The minimum absolute atomic E-state index is 0.218. The molecule has 2 fully saturated rings. The summed E-state index contributed by atoms with van der Waals surface area (Å²) in [6.45, 7) is 7.18. The van der Waals surface area contributed by atoms with Gasteiger partial charge in [0.1, 0.15) is 11.5 Å². The predicted octanol–water partition coefficient (Wildman–Crippen LogP) is 2.56. The van der Waals surface area contributed by atoms with E-state index in [9.17, 15) is 9.59 Å². The molecule has 18 heavy (non-hydrogen) atoms. The van der Waals surface area contributed by atoms with E-state index in [1.165, 1.54) is 0 Å². The Morgan fingerprint density at radius 2 is 1.83 bits per heavy atom. The van der Waals surface area contributed by atoms with Crippen molar-refractivity contribution >= 4 is 12.0 Å². The summed E-state index contributed by atoms with van der Waals surface area (Å²) in [4.78, 5) is 24.1. The van der Waals surface area contributed by atoms with Gasteiger partial charge in [0.15, 0.2) is 0 Å². The molecule has 0 bridgehead atoms. The van der Waals surface area contributed by atoms with E-state index in [0.717, 1.165) is 44.3 Å². The van der Waals surface area contributed by atoms with Gasteiger partial charge in [-0.15, -0.1) is 0 Å². The van der Waals surface area contributed by atoms with Gasteiger partial charge in [-0.25, -0.2) is 9.59 Å². The number of rotatable bonds is 0. The van der Waals surface area contributed by atoms with Crippen LogP contribution in [-0.2, 0) is 9.53 Å². The van der Waals surface area contributed by atoms with Crippen molar-refractivity contribution in [2.24, 2.45) is 5.41 Å². The molecular formula is C14H21NO3. The van der Waals surface area contributed by atoms with Crippen LogP contribution in [0.15, 0.2) is 5.57 Å². The van der Waals surface area contributed by atoms with Gasteiger partial charge >= 0.3 is 6.09 Å². The molecule has 0 radical (unpaired) electrons. The van der Waals surface area contributed by atoms with Crippen LogP contribution in [0.5, 0.6) is 0 Å². The van der Waals surface area contributed by atoms with Gasteiger partial charge in [-0.3, -0.25) is 0 Å². The number of hydrogen-bond donors (Lipinski definition) is 0. The molecule has 1 heterocycles. The van der Waals surface area contributed by atoms with E-state index in [1.807, 2.05) is 26.7 Å². The Balaban J connectivity index is 1.84. The summed E-state index contributed by atoms with van der Waals surface area (Å²) in [6.07, 6.45) is 3.45. The number of nitrogens with zero attached hydrogens (tertiary/aromatic N) is 1. The number of ether oxygens (including phenoxy) is 1. The third kappa shape index (κ3) is 2.75. The third-order valence-corrected chi connectivity index (χ3v) is 3.76. The Kier molecular flexibility index (Phi) is 3.24. The van der Waals surface area contributed by atoms with Gasteiger partial charge in [0.2, 0.25) is 0 Å². The molecule has 4 heteroatoms. The second kappa shape index (κ2) is 4.43. The van der Waals surface area contributed by atoms with Crippen LogP contribution in [0, 0.1) is 5.41 Å². The lowest BCUT2D eigenvalue weighted by Gasteiger charge is -2.52. The summed E-state index contributed by atoms with van der Waals surface area (Å²) in [6, 6.07) is 0. The van der Waals surface area contributed by atoms with E-state index in [2.05, 4.69) is 0 Å². The molecule has 1 aliphatic carbocycles. The molecule has 0 aromatic rings. The van der Waals surface area contributed by atoms with Crippen LogP contribution in [0.25, 0.3) is 0 Å². The lowest BCUT2D eigenvalue weighted by molar-refractivity contribution is -0.0444. The van der Waals surface area contributed by atoms with Crippen LogP contribution < -0.4 is 0 Å². The van der Waals surface area contributed by atoms with Crippen molar-refractivity contribution in [2.75, 3.05) is 13.1 Å². The quantitative estimate of drug-likeness (QED) is 0.622. The van der Waals surface area contributed by atoms with Crippen LogP contribution in [0.3, 0.4) is 0 Å². The highest BCUT2D eigenvalue weighted by molar-refractivity contribution is 5.69. The zero-order chi connectivity index (χ0) is 13.4. The molecule has 4 nitrogen and oxygen atoms in total. The van der Waals surface area contributed by atoms with Crippen LogP contribution in [0.2, 0.25) is 0 Å². The Morgan fingerprint density at radius 1 is 1.28 bits per heavy atom. The molecule has 0 aromatic heterocycles. The average molecular weight is 251 g/mol. The summed E-state index contributed by atoms with van der Waals surface area (Å²) in [5, 5.41) is 0. The third-order valence-electron chi connectivity index (χ3n) is 3.76. The topological polar surface area (TPSA) is 46.6 Å². The number of allylic oxidation sites excluding steroid dienone is 1. The predicted molar refractivity (Wildman–Crippen MR) is 67.9 cm³/mol. The van der Waals surface area contributed by atoms with Gasteiger partial charge in [-0.2, -0.15) is 0 Å². The second-order valence-electron chi connectivity index (χ2n) is 6.54. The van der Waals surface area contributed by atoms with Crippen molar-refractivity contribution in [1.82, 2.24) is 4.90 Å². The van der Waals surface area contributed by atoms with Crippen molar-refractivity contribution < 1.29 is 14.3 Å².